The summed E-state index contributed by atoms with van der Waals surface area (Å²) in [6.45, 7) is 1.93. The van der Waals surface area contributed by atoms with Gasteiger partial charge in [-0.3, -0.25) is 0 Å². The molecule has 0 atom stereocenters. The normalized spacial score (nSPS) is 10.3. The molecule has 0 unspecified atom stereocenters. The minimum Gasteiger partial charge on any atom is -0.438 e. The molecule has 0 aliphatic carbocycles. The zero-order valence-corrected chi connectivity index (χ0v) is 12.0. The Morgan fingerprint density at radius 1 is 1.30 bits per heavy atom. The van der Waals surface area contributed by atoms with Crippen LogP contribution in [0.2, 0.25) is 0 Å². The number of ether oxygens (including phenoxy) is 1. The van der Waals surface area contributed by atoms with E-state index >= 15 is 0 Å². The molecule has 0 amide bonds. The van der Waals surface area contributed by atoms with Crippen LogP contribution in [0.5, 0.6) is 11.6 Å². The maximum atomic E-state index is 9.09. The second-order valence-corrected chi connectivity index (χ2v) is 4.79. The molecule has 1 heterocycles. The Bertz CT molecular complexity index is 629. The van der Waals surface area contributed by atoms with Crippen molar-refractivity contribution in [3.05, 3.63) is 53.2 Å². The third-order valence-corrected chi connectivity index (χ3v) is 3.05. The molecule has 5 heteroatoms. The van der Waals surface area contributed by atoms with E-state index in [2.05, 4.69) is 4.98 Å². The van der Waals surface area contributed by atoms with Gasteiger partial charge in [-0.15, -0.1) is 0 Å². The molecule has 0 fully saturated rings. The fourth-order valence-corrected chi connectivity index (χ4v) is 1.99. The predicted molar refractivity (Wildman–Crippen MR) is 82.2 cm³/mol. The first kappa shape index (κ1) is 14.4. The van der Waals surface area contributed by atoms with Gasteiger partial charge in [0, 0.05) is 12.3 Å². The monoisotopic (exact) mass is 288 g/mol. The molecule has 20 heavy (non-hydrogen) atoms. The van der Waals surface area contributed by atoms with Gasteiger partial charge in [0.25, 0.3) is 0 Å². The second-order valence-electron chi connectivity index (χ2n) is 4.35. The smallest absolute Gasteiger partial charge is 0.229 e. The number of aryl methyl sites for hydroxylation is 1. The summed E-state index contributed by atoms with van der Waals surface area (Å²) in [5, 5.41) is 9.09. The SMILES string of the molecule is Cc1ccc(C(N)=S)c(Oc2ccccc2CCO)n1. The fraction of sp³-hybridized carbons (Fsp3) is 0.200. The number of hydrogen-bond acceptors (Lipinski definition) is 4. The van der Waals surface area contributed by atoms with Crippen molar-refractivity contribution < 1.29 is 9.84 Å². The minimum absolute atomic E-state index is 0.0593. The van der Waals surface area contributed by atoms with Crippen LogP contribution in [-0.2, 0) is 6.42 Å². The molecule has 0 spiro atoms. The first-order valence-corrected chi connectivity index (χ1v) is 6.66. The number of nitrogens with zero attached hydrogens (tertiary/aromatic N) is 1. The minimum atomic E-state index is 0.0593. The van der Waals surface area contributed by atoms with E-state index in [4.69, 9.17) is 27.8 Å². The van der Waals surface area contributed by atoms with Crippen LogP contribution in [0.4, 0.5) is 0 Å². The van der Waals surface area contributed by atoms with Gasteiger partial charge >= 0.3 is 0 Å². The number of nitrogens with two attached hydrogens (primary N) is 1. The summed E-state index contributed by atoms with van der Waals surface area (Å²) in [7, 11) is 0. The van der Waals surface area contributed by atoms with Crippen LogP contribution in [0.1, 0.15) is 16.8 Å². The van der Waals surface area contributed by atoms with Crippen molar-refractivity contribution in [2.45, 2.75) is 13.3 Å². The number of aliphatic hydroxyl groups is 1. The maximum Gasteiger partial charge on any atom is 0.229 e. The molecule has 1 aromatic heterocycles. The lowest BCUT2D eigenvalue weighted by Gasteiger charge is -2.12. The number of benzene rings is 1. The molecule has 1 aromatic carbocycles. The summed E-state index contributed by atoms with van der Waals surface area (Å²) in [6, 6.07) is 11.1. The van der Waals surface area contributed by atoms with Crippen molar-refractivity contribution >= 4 is 17.2 Å². The number of hydrogen-bond donors (Lipinski definition) is 2. The Hall–Kier alpha value is -1.98. The van der Waals surface area contributed by atoms with E-state index in [0.29, 0.717) is 23.6 Å². The molecule has 2 aromatic rings. The summed E-state index contributed by atoms with van der Waals surface area (Å²) in [4.78, 5) is 4.58. The van der Waals surface area contributed by atoms with Gasteiger partial charge in [-0.05, 0) is 37.1 Å². The van der Waals surface area contributed by atoms with Gasteiger partial charge in [-0.25, -0.2) is 4.98 Å². The van der Waals surface area contributed by atoms with Crippen LogP contribution in [0.3, 0.4) is 0 Å². The number of aliphatic hydroxyl groups excluding tert-OH is 1. The van der Waals surface area contributed by atoms with Crippen molar-refractivity contribution in [2.75, 3.05) is 6.61 Å². The highest BCUT2D eigenvalue weighted by atomic mass is 32.1. The number of aromatic nitrogens is 1. The van der Waals surface area contributed by atoms with E-state index in [9.17, 15) is 0 Å². The third-order valence-electron chi connectivity index (χ3n) is 2.83. The summed E-state index contributed by atoms with van der Waals surface area (Å²) < 4.78 is 5.85. The Morgan fingerprint density at radius 2 is 2.05 bits per heavy atom. The van der Waals surface area contributed by atoms with Crippen molar-refractivity contribution in [1.82, 2.24) is 4.98 Å². The lowest BCUT2D eigenvalue weighted by atomic mass is 10.1. The molecule has 3 N–H and O–H groups in total. The van der Waals surface area contributed by atoms with Gasteiger partial charge < -0.3 is 15.6 Å². The Kier molecular flexibility index (Phi) is 4.65. The van der Waals surface area contributed by atoms with Crippen LogP contribution >= 0.6 is 12.2 Å². The lowest BCUT2D eigenvalue weighted by Crippen LogP contribution is -2.12. The van der Waals surface area contributed by atoms with Gasteiger partial charge in [0.05, 0.1) is 5.56 Å². The summed E-state index contributed by atoms with van der Waals surface area (Å²) in [5.41, 5.74) is 8.02. The molecule has 0 radical (unpaired) electrons. The lowest BCUT2D eigenvalue weighted by molar-refractivity contribution is 0.297. The molecule has 0 saturated heterocycles. The average molecular weight is 288 g/mol. The highest BCUT2D eigenvalue weighted by Crippen LogP contribution is 2.27. The number of para-hydroxylation sites is 1. The summed E-state index contributed by atoms with van der Waals surface area (Å²) in [5.74, 6) is 1.04. The van der Waals surface area contributed by atoms with Crippen LogP contribution in [0.25, 0.3) is 0 Å². The summed E-state index contributed by atoms with van der Waals surface area (Å²) in [6.07, 6.45) is 0.518. The highest BCUT2D eigenvalue weighted by molar-refractivity contribution is 7.80. The van der Waals surface area contributed by atoms with E-state index in [0.717, 1.165) is 11.3 Å². The molecular formula is C15H16N2O2S. The molecular weight excluding hydrogens is 272 g/mol. The van der Waals surface area contributed by atoms with Crippen molar-refractivity contribution in [2.24, 2.45) is 5.73 Å². The van der Waals surface area contributed by atoms with Crippen molar-refractivity contribution in [1.29, 1.82) is 0 Å². The summed E-state index contributed by atoms with van der Waals surface area (Å²) >= 11 is 5.01. The molecule has 0 bridgehead atoms. The predicted octanol–water partition coefficient (Wildman–Crippen LogP) is 2.35. The Balaban J connectivity index is 2.39. The quantitative estimate of drug-likeness (QED) is 0.827. The van der Waals surface area contributed by atoms with Gasteiger partial charge in [-0.2, -0.15) is 0 Å². The van der Waals surface area contributed by atoms with Gasteiger partial charge in [0.15, 0.2) is 0 Å². The van der Waals surface area contributed by atoms with E-state index in [1.54, 1.807) is 6.07 Å². The topological polar surface area (TPSA) is 68.4 Å². The molecule has 4 nitrogen and oxygen atoms in total. The van der Waals surface area contributed by atoms with Gasteiger partial charge in [0.2, 0.25) is 5.88 Å². The highest BCUT2D eigenvalue weighted by Gasteiger charge is 2.11. The molecule has 104 valence electrons. The zero-order chi connectivity index (χ0) is 14.5. The third kappa shape index (κ3) is 3.31. The van der Waals surface area contributed by atoms with Crippen molar-refractivity contribution in [3.8, 4) is 11.6 Å². The van der Waals surface area contributed by atoms with Crippen LogP contribution in [-0.4, -0.2) is 21.7 Å². The molecule has 0 aliphatic rings. The Morgan fingerprint density at radius 3 is 2.75 bits per heavy atom. The number of pyridine rings is 1. The zero-order valence-electron chi connectivity index (χ0n) is 11.2. The van der Waals surface area contributed by atoms with Crippen molar-refractivity contribution in [3.63, 3.8) is 0 Å². The number of rotatable bonds is 5. The fourth-order valence-electron chi connectivity index (χ4n) is 1.83. The van der Waals surface area contributed by atoms with E-state index in [1.807, 2.05) is 37.3 Å². The van der Waals surface area contributed by atoms with Crippen LogP contribution < -0.4 is 10.5 Å². The van der Waals surface area contributed by atoms with Gasteiger partial charge in [-0.1, -0.05) is 30.4 Å². The van der Waals surface area contributed by atoms with E-state index < -0.39 is 0 Å². The first-order chi connectivity index (χ1) is 9.61. The van der Waals surface area contributed by atoms with Crippen LogP contribution in [0, 0.1) is 6.92 Å². The standard InChI is InChI=1S/C15H16N2O2S/c1-10-6-7-12(14(16)20)15(17-10)19-13-5-3-2-4-11(13)8-9-18/h2-7,18H,8-9H2,1H3,(H2,16,20). The van der Waals surface area contributed by atoms with Crippen LogP contribution in [0.15, 0.2) is 36.4 Å². The van der Waals surface area contributed by atoms with E-state index in [-0.39, 0.29) is 11.6 Å². The average Bonchev–Trinajstić information content (AvgIpc) is 2.41. The number of thiocarbonyl (C=S) groups is 1. The Labute approximate surface area is 123 Å². The molecule has 2 rings (SSSR count). The van der Waals surface area contributed by atoms with E-state index in [1.165, 1.54) is 0 Å². The largest absolute Gasteiger partial charge is 0.438 e. The first-order valence-electron chi connectivity index (χ1n) is 6.26. The molecule has 0 aliphatic heterocycles. The second kappa shape index (κ2) is 6.45. The molecule has 0 saturated carbocycles. The maximum absolute atomic E-state index is 9.09. The van der Waals surface area contributed by atoms with Gasteiger partial charge in [0.1, 0.15) is 10.7 Å².